The van der Waals surface area contributed by atoms with E-state index < -0.39 is 5.41 Å². The number of benzene rings is 1. The number of halogens is 1. The van der Waals surface area contributed by atoms with E-state index >= 15 is 0 Å². The van der Waals surface area contributed by atoms with E-state index in [0.29, 0.717) is 16.1 Å². The maximum Gasteiger partial charge on any atom is 0.316 e. The molecule has 1 aromatic carbocycles. The number of pyridine rings is 1. The third-order valence-corrected chi connectivity index (χ3v) is 5.02. The first kappa shape index (κ1) is 15.7. The van der Waals surface area contributed by atoms with Gasteiger partial charge in [0.05, 0.1) is 16.5 Å². The van der Waals surface area contributed by atoms with Crippen molar-refractivity contribution in [2.45, 2.75) is 24.9 Å². The van der Waals surface area contributed by atoms with Crippen LogP contribution < -0.4 is 0 Å². The molecule has 3 aromatic rings. The van der Waals surface area contributed by atoms with Crippen LogP contribution >= 0.6 is 11.6 Å². The van der Waals surface area contributed by atoms with Crippen LogP contribution in [0.25, 0.3) is 5.52 Å². The number of hydrogen-bond donors (Lipinski definition) is 0. The Bertz CT molecular complexity index is 995. The lowest BCUT2D eigenvalue weighted by atomic mass is 9.96. The van der Waals surface area contributed by atoms with Gasteiger partial charge in [-0.2, -0.15) is 5.26 Å². The van der Waals surface area contributed by atoms with Crippen LogP contribution in [0.15, 0.2) is 54.9 Å². The summed E-state index contributed by atoms with van der Waals surface area (Å²) in [5.74, 6) is -0.242. The summed E-state index contributed by atoms with van der Waals surface area (Å²) in [6.45, 7) is 0.0960. The van der Waals surface area contributed by atoms with Gasteiger partial charge in [-0.1, -0.05) is 29.8 Å². The summed E-state index contributed by atoms with van der Waals surface area (Å²) in [6, 6.07) is 15.2. The molecular formula is C20H15ClN2O2. The average molecular weight is 351 g/mol. The van der Waals surface area contributed by atoms with Crippen molar-refractivity contribution in [1.29, 1.82) is 5.26 Å². The molecule has 124 valence electrons. The van der Waals surface area contributed by atoms with Crippen LogP contribution in [0.2, 0.25) is 5.02 Å². The van der Waals surface area contributed by atoms with E-state index in [-0.39, 0.29) is 12.6 Å². The Labute approximate surface area is 150 Å². The van der Waals surface area contributed by atoms with E-state index in [2.05, 4.69) is 6.07 Å². The summed E-state index contributed by atoms with van der Waals surface area (Å²) in [4.78, 5) is 12.7. The van der Waals surface area contributed by atoms with Gasteiger partial charge in [0, 0.05) is 23.0 Å². The number of carbonyl (C=O) groups is 1. The zero-order valence-corrected chi connectivity index (χ0v) is 14.2. The Kier molecular flexibility index (Phi) is 3.74. The smallest absolute Gasteiger partial charge is 0.316 e. The third-order valence-electron chi connectivity index (χ3n) is 4.77. The number of aromatic nitrogens is 1. The van der Waals surface area contributed by atoms with Crippen LogP contribution in [-0.4, -0.2) is 10.4 Å². The first-order valence-electron chi connectivity index (χ1n) is 8.06. The van der Waals surface area contributed by atoms with Gasteiger partial charge in [0.15, 0.2) is 0 Å². The van der Waals surface area contributed by atoms with Gasteiger partial charge in [0.2, 0.25) is 0 Å². The topological polar surface area (TPSA) is 54.5 Å². The second-order valence-electron chi connectivity index (χ2n) is 6.30. The molecule has 1 aliphatic rings. The molecule has 0 spiro atoms. The zero-order valence-electron chi connectivity index (χ0n) is 13.4. The highest BCUT2D eigenvalue weighted by Gasteiger charge is 2.52. The lowest BCUT2D eigenvalue weighted by Gasteiger charge is -2.14. The van der Waals surface area contributed by atoms with Crippen molar-refractivity contribution < 1.29 is 9.53 Å². The molecule has 0 aliphatic heterocycles. The minimum Gasteiger partial charge on any atom is -0.460 e. The summed E-state index contributed by atoms with van der Waals surface area (Å²) in [5.41, 5.74) is 2.45. The van der Waals surface area contributed by atoms with Gasteiger partial charge in [-0.3, -0.25) is 4.79 Å². The Morgan fingerprint density at radius 1 is 1.24 bits per heavy atom. The summed E-state index contributed by atoms with van der Waals surface area (Å²) in [6.07, 6.45) is 5.26. The highest BCUT2D eigenvalue weighted by atomic mass is 35.5. The van der Waals surface area contributed by atoms with Crippen LogP contribution in [0.3, 0.4) is 0 Å². The molecule has 0 radical (unpaired) electrons. The monoisotopic (exact) mass is 350 g/mol. The number of rotatable bonds is 4. The number of fused-ring (bicyclic) bond motifs is 1. The predicted molar refractivity (Wildman–Crippen MR) is 94.3 cm³/mol. The van der Waals surface area contributed by atoms with Crippen LogP contribution in [0, 0.1) is 11.3 Å². The van der Waals surface area contributed by atoms with Crippen molar-refractivity contribution in [3.05, 3.63) is 76.6 Å². The van der Waals surface area contributed by atoms with E-state index in [9.17, 15) is 10.1 Å². The molecule has 1 saturated carbocycles. The van der Waals surface area contributed by atoms with E-state index in [1.807, 2.05) is 47.1 Å². The highest BCUT2D eigenvalue weighted by molar-refractivity contribution is 6.30. The molecule has 0 N–H and O–H groups in total. The Morgan fingerprint density at radius 2 is 2.00 bits per heavy atom. The zero-order chi connectivity index (χ0) is 17.4. The molecule has 0 unspecified atom stereocenters. The molecule has 1 fully saturated rings. The molecule has 4 rings (SSSR count). The van der Waals surface area contributed by atoms with Crippen LogP contribution in [0.4, 0.5) is 0 Å². The largest absolute Gasteiger partial charge is 0.460 e. The molecule has 5 heteroatoms. The fourth-order valence-corrected chi connectivity index (χ4v) is 3.33. The number of esters is 1. The van der Waals surface area contributed by atoms with Crippen LogP contribution in [-0.2, 0) is 21.6 Å². The van der Waals surface area contributed by atoms with Gasteiger partial charge in [0.1, 0.15) is 12.7 Å². The lowest BCUT2D eigenvalue weighted by molar-refractivity contribution is -0.148. The maximum absolute atomic E-state index is 12.7. The number of carbonyl (C=O) groups excluding carboxylic acids is 1. The minimum atomic E-state index is -0.559. The second kappa shape index (κ2) is 5.94. The number of nitrogens with zero attached hydrogens (tertiary/aromatic N) is 2. The fourth-order valence-electron chi connectivity index (χ4n) is 3.20. The number of ether oxygens (including phenoxy) is 1. The average Bonchev–Trinajstić information content (AvgIpc) is 3.36. The molecule has 0 saturated heterocycles. The summed E-state index contributed by atoms with van der Waals surface area (Å²) in [5, 5.41) is 10.1. The number of hydrogen-bond acceptors (Lipinski definition) is 3. The fraction of sp³-hybridized carbons (Fsp3) is 0.200. The quantitative estimate of drug-likeness (QED) is 0.661. The van der Waals surface area contributed by atoms with Gasteiger partial charge in [-0.05, 0) is 42.7 Å². The summed E-state index contributed by atoms with van der Waals surface area (Å²) < 4.78 is 7.44. The van der Waals surface area contributed by atoms with Gasteiger partial charge in [-0.15, -0.1) is 0 Å². The Morgan fingerprint density at radius 3 is 2.68 bits per heavy atom. The first-order valence-corrected chi connectivity index (χ1v) is 8.44. The summed E-state index contributed by atoms with van der Waals surface area (Å²) >= 11 is 5.93. The van der Waals surface area contributed by atoms with Gasteiger partial charge >= 0.3 is 5.97 Å². The van der Waals surface area contributed by atoms with Crippen molar-refractivity contribution in [1.82, 2.24) is 4.40 Å². The Balaban J connectivity index is 1.55. The molecule has 0 atom stereocenters. The van der Waals surface area contributed by atoms with Crippen molar-refractivity contribution in [3.8, 4) is 6.07 Å². The SMILES string of the molecule is N#Cc1c(COC(=O)C2(c3ccc(Cl)cc3)CC2)cn2ccccc12. The third kappa shape index (κ3) is 2.67. The predicted octanol–water partition coefficient (Wildman–Crippen LogP) is 4.24. The molecule has 0 bridgehead atoms. The normalized spacial score (nSPS) is 14.9. The Hall–Kier alpha value is -2.77. The maximum atomic E-state index is 12.7. The molecule has 1 aliphatic carbocycles. The highest BCUT2D eigenvalue weighted by Crippen LogP contribution is 2.49. The minimum absolute atomic E-state index is 0.0960. The van der Waals surface area contributed by atoms with Crippen molar-refractivity contribution >= 4 is 23.1 Å². The molecule has 4 nitrogen and oxygen atoms in total. The van der Waals surface area contributed by atoms with E-state index in [4.69, 9.17) is 16.3 Å². The molecule has 0 amide bonds. The van der Waals surface area contributed by atoms with E-state index in [1.165, 1.54) is 0 Å². The molecule has 2 heterocycles. The second-order valence-corrected chi connectivity index (χ2v) is 6.74. The number of nitriles is 1. The van der Waals surface area contributed by atoms with E-state index in [1.54, 1.807) is 12.1 Å². The molecule has 25 heavy (non-hydrogen) atoms. The van der Waals surface area contributed by atoms with Gasteiger partial charge in [-0.25, -0.2) is 0 Å². The van der Waals surface area contributed by atoms with Crippen LogP contribution in [0.1, 0.15) is 29.5 Å². The molecular weight excluding hydrogens is 336 g/mol. The van der Waals surface area contributed by atoms with Crippen molar-refractivity contribution in [3.63, 3.8) is 0 Å². The van der Waals surface area contributed by atoms with Crippen LogP contribution in [0.5, 0.6) is 0 Å². The van der Waals surface area contributed by atoms with Crippen molar-refractivity contribution in [2.24, 2.45) is 0 Å². The standard InChI is InChI=1S/C20H15ClN2O2/c21-16-6-4-15(5-7-16)20(8-9-20)19(24)25-13-14-12-23-10-2-1-3-18(23)17(14)11-22/h1-7,10,12H,8-9,13H2. The lowest BCUT2D eigenvalue weighted by Crippen LogP contribution is -2.23. The molecule has 2 aromatic heterocycles. The van der Waals surface area contributed by atoms with Gasteiger partial charge in [0.25, 0.3) is 0 Å². The van der Waals surface area contributed by atoms with E-state index in [0.717, 1.165) is 23.9 Å². The van der Waals surface area contributed by atoms with Crippen molar-refractivity contribution in [2.75, 3.05) is 0 Å². The first-order chi connectivity index (χ1) is 12.1. The summed E-state index contributed by atoms with van der Waals surface area (Å²) in [7, 11) is 0. The van der Waals surface area contributed by atoms with Gasteiger partial charge < -0.3 is 9.14 Å².